The predicted molar refractivity (Wildman–Crippen MR) is 195 cm³/mol. The number of anilines is 3. The van der Waals surface area contributed by atoms with Crippen molar-refractivity contribution < 1.29 is 0 Å². The highest BCUT2D eigenvalue weighted by Gasteiger charge is 2.28. The Bertz CT molecular complexity index is 2220. The molecule has 6 aromatic carbocycles. The van der Waals surface area contributed by atoms with E-state index in [1.165, 1.54) is 83.8 Å². The normalized spacial score (nSPS) is 15.6. The fraction of sp³-hybridized carbons (Fsp3) is 0.182. The SMILES string of the molecule is C1=c2c(-c3ccccc3)c3c(N4CCCc5ccccc54)cccc3c(-c3ccccc3)c2=C(N2CCCc3ccccc32)CC1. The van der Waals surface area contributed by atoms with Gasteiger partial charge in [-0.05, 0) is 101 Å². The van der Waals surface area contributed by atoms with Gasteiger partial charge in [-0.15, -0.1) is 0 Å². The summed E-state index contributed by atoms with van der Waals surface area (Å²) in [6, 6.07) is 47.5. The van der Waals surface area contributed by atoms with Crippen LogP contribution in [-0.2, 0) is 12.8 Å². The Kier molecular flexibility index (Phi) is 6.74. The molecule has 0 saturated heterocycles. The molecule has 2 heterocycles. The van der Waals surface area contributed by atoms with Crippen LogP contribution in [0, 0.1) is 0 Å². The van der Waals surface area contributed by atoms with Gasteiger partial charge in [0.05, 0.1) is 0 Å². The van der Waals surface area contributed by atoms with Gasteiger partial charge in [-0.25, -0.2) is 0 Å². The first-order valence-corrected chi connectivity index (χ1v) is 17.0. The molecule has 6 aromatic rings. The van der Waals surface area contributed by atoms with Crippen LogP contribution >= 0.6 is 0 Å². The molecule has 0 fully saturated rings. The van der Waals surface area contributed by atoms with E-state index in [9.17, 15) is 0 Å². The van der Waals surface area contributed by atoms with E-state index in [2.05, 4.69) is 143 Å². The molecule has 0 unspecified atom stereocenters. The summed E-state index contributed by atoms with van der Waals surface area (Å²) in [5.74, 6) is 0. The third-order valence-corrected chi connectivity index (χ3v) is 10.3. The van der Waals surface area contributed by atoms with Crippen LogP contribution in [0.1, 0.15) is 36.8 Å². The molecule has 224 valence electrons. The minimum absolute atomic E-state index is 1.02. The Morgan fingerprint density at radius 1 is 0.457 bits per heavy atom. The Hall–Kier alpha value is -5.08. The zero-order valence-corrected chi connectivity index (χ0v) is 26.3. The van der Waals surface area contributed by atoms with Crippen molar-refractivity contribution in [2.75, 3.05) is 22.9 Å². The molecule has 2 nitrogen and oxygen atoms in total. The molecule has 3 aliphatic rings. The molecule has 0 amide bonds. The number of hydrogen-bond acceptors (Lipinski definition) is 2. The molecule has 2 aliphatic heterocycles. The molecule has 0 spiro atoms. The molecule has 0 aromatic heterocycles. The molecule has 2 heteroatoms. The zero-order chi connectivity index (χ0) is 30.5. The lowest BCUT2D eigenvalue weighted by Gasteiger charge is -2.36. The number of fused-ring (bicyclic) bond motifs is 4. The van der Waals surface area contributed by atoms with Gasteiger partial charge in [-0.1, -0.05) is 115 Å². The van der Waals surface area contributed by atoms with E-state index in [1.54, 1.807) is 0 Å². The van der Waals surface area contributed by atoms with Gasteiger partial charge in [0, 0.05) is 46.5 Å². The Labute approximate surface area is 271 Å². The second kappa shape index (κ2) is 11.4. The minimum atomic E-state index is 1.02. The van der Waals surface area contributed by atoms with Crippen LogP contribution in [0.25, 0.3) is 44.8 Å². The average Bonchev–Trinajstić information content (AvgIpc) is 3.13. The van der Waals surface area contributed by atoms with Gasteiger partial charge in [0.15, 0.2) is 0 Å². The van der Waals surface area contributed by atoms with Crippen molar-refractivity contribution >= 4 is 39.6 Å². The number of para-hydroxylation sites is 2. The molecule has 0 saturated carbocycles. The molecular weight excluding hydrogens is 556 g/mol. The van der Waals surface area contributed by atoms with Crippen LogP contribution in [0.5, 0.6) is 0 Å². The lowest BCUT2D eigenvalue weighted by atomic mass is 9.83. The quantitative estimate of drug-likeness (QED) is 0.201. The maximum Gasteiger partial charge on any atom is 0.0497 e. The van der Waals surface area contributed by atoms with Crippen molar-refractivity contribution in [2.24, 2.45) is 0 Å². The fourth-order valence-corrected chi connectivity index (χ4v) is 8.42. The largest absolute Gasteiger partial charge is 0.344 e. The molecule has 0 radical (unpaired) electrons. The number of benzene rings is 6. The predicted octanol–water partition coefficient (Wildman–Crippen LogP) is 9.39. The van der Waals surface area contributed by atoms with Gasteiger partial charge in [-0.3, -0.25) is 0 Å². The molecular formula is C44H38N2. The summed E-state index contributed by atoms with van der Waals surface area (Å²) >= 11 is 0. The maximum absolute atomic E-state index is 2.67. The number of hydrogen-bond donors (Lipinski definition) is 0. The van der Waals surface area contributed by atoms with Crippen LogP contribution in [0.3, 0.4) is 0 Å². The van der Waals surface area contributed by atoms with Gasteiger partial charge in [0.1, 0.15) is 0 Å². The second-order valence-corrected chi connectivity index (χ2v) is 12.9. The van der Waals surface area contributed by atoms with E-state index >= 15 is 0 Å². The van der Waals surface area contributed by atoms with Gasteiger partial charge < -0.3 is 9.80 Å². The van der Waals surface area contributed by atoms with Crippen molar-refractivity contribution in [1.29, 1.82) is 0 Å². The van der Waals surface area contributed by atoms with Crippen molar-refractivity contribution in [3.05, 3.63) is 149 Å². The first kappa shape index (κ1) is 27.2. The van der Waals surface area contributed by atoms with Crippen LogP contribution in [0.15, 0.2) is 127 Å². The molecule has 1 aliphatic carbocycles. The lowest BCUT2D eigenvalue weighted by molar-refractivity contribution is 0.755. The van der Waals surface area contributed by atoms with Gasteiger partial charge in [-0.2, -0.15) is 0 Å². The number of rotatable bonds is 4. The van der Waals surface area contributed by atoms with Crippen molar-refractivity contribution in [1.82, 2.24) is 0 Å². The smallest absolute Gasteiger partial charge is 0.0497 e. The summed E-state index contributed by atoms with van der Waals surface area (Å²) in [6.45, 7) is 2.08. The van der Waals surface area contributed by atoms with E-state index in [4.69, 9.17) is 0 Å². The maximum atomic E-state index is 2.67. The number of aryl methyl sites for hydroxylation is 2. The third kappa shape index (κ3) is 4.39. The van der Waals surface area contributed by atoms with Crippen molar-refractivity contribution in [3.63, 3.8) is 0 Å². The van der Waals surface area contributed by atoms with Gasteiger partial charge >= 0.3 is 0 Å². The van der Waals surface area contributed by atoms with Gasteiger partial charge in [0.25, 0.3) is 0 Å². The fourth-order valence-electron chi connectivity index (χ4n) is 8.42. The van der Waals surface area contributed by atoms with E-state index in [-0.39, 0.29) is 0 Å². The Morgan fingerprint density at radius 3 is 1.72 bits per heavy atom. The Balaban J connectivity index is 1.47. The summed E-state index contributed by atoms with van der Waals surface area (Å²) in [5, 5.41) is 5.50. The molecule has 0 bridgehead atoms. The topological polar surface area (TPSA) is 6.48 Å². The average molecular weight is 595 g/mol. The molecule has 0 N–H and O–H groups in total. The van der Waals surface area contributed by atoms with Crippen LogP contribution in [0.2, 0.25) is 0 Å². The van der Waals surface area contributed by atoms with E-state index in [0.717, 1.165) is 45.2 Å². The lowest BCUT2D eigenvalue weighted by Crippen LogP contribution is -2.41. The first-order chi connectivity index (χ1) is 22.9. The summed E-state index contributed by atoms with van der Waals surface area (Å²) in [5.41, 5.74) is 13.7. The van der Waals surface area contributed by atoms with E-state index < -0.39 is 0 Å². The summed E-state index contributed by atoms with van der Waals surface area (Å²) in [4.78, 5) is 5.27. The number of nitrogens with zero attached hydrogens (tertiary/aromatic N) is 2. The summed E-state index contributed by atoms with van der Waals surface area (Å²) in [7, 11) is 0. The summed E-state index contributed by atoms with van der Waals surface area (Å²) in [6.07, 6.45) is 9.25. The van der Waals surface area contributed by atoms with Crippen molar-refractivity contribution in [3.8, 4) is 22.3 Å². The van der Waals surface area contributed by atoms with Crippen LogP contribution in [0.4, 0.5) is 17.1 Å². The molecule has 9 rings (SSSR count). The van der Waals surface area contributed by atoms with Crippen molar-refractivity contribution in [2.45, 2.75) is 38.5 Å². The monoisotopic (exact) mass is 594 g/mol. The molecule has 46 heavy (non-hydrogen) atoms. The highest BCUT2D eigenvalue weighted by atomic mass is 15.2. The van der Waals surface area contributed by atoms with E-state index in [1.807, 2.05) is 0 Å². The second-order valence-electron chi connectivity index (χ2n) is 12.9. The first-order valence-electron chi connectivity index (χ1n) is 17.0. The Morgan fingerprint density at radius 2 is 1.02 bits per heavy atom. The highest BCUT2D eigenvalue weighted by molar-refractivity contribution is 6.13. The standard InChI is InChI=1S/C44H38N2/c1-3-17-33(18-4-1)41-35-23-11-28-40(46-30-14-22-32-16-8-10-26-38(32)46)44(35)42(34-19-5-2-6-20-34)36-24-12-27-39(43(36)41)45-29-13-21-31-15-7-9-25-37(31)45/h1-11,15-20,23-26,28H,12-14,21-22,27,29-30H2. The van der Waals surface area contributed by atoms with E-state index in [0.29, 0.717) is 0 Å². The summed E-state index contributed by atoms with van der Waals surface area (Å²) < 4.78 is 0. The molecule has 0 atom stereocenters. The minimum Gasteiger partial charge on any atom is -0.344 e. The third-order valence-electron chi connectivity index (χ3n) is 10.3. The highest BCUT2D eigenvalue weighted by Crippen LogP contribution is 2.43. The zero-order valence-electron chi connectivity index (χ0n) is 26.3. The van der Waals surface area contributed by atoms with Gasteiger partial charge in [0.2, 0.25) is 0 Å². The van der Waals surface area contributed by atoms with Crippen LogP contribution < -0.4 is 20.2 Å². The van der Waals surface area contributed by atoms with Crippen LogP contribution in [-0.4, -0.2) is 13.1 Å².